The molecule has 0 N–H and O–H groups in total. The summed E-state index contributed by atoms with van der Waals surface area (Å²) in [6.07, 6.45) is 0.970. The molecule has 0 aliphatic heterocycles. The molecule has 1 rings (SSSR count). The van der Waals surface area contributed by atoms with Crippen molar-refractivity contribution in [3.05, 3.63) is 28.2 Å². The maximum absolute atomic E-state index is 6.57. The van der Waals surface area contributed by atoms with Crippen LogP contribution in [0.15, 0.2) is 22.7 Å². The van der Waals surface area contributed by atoms with Crippen LogP contribution in [0.25, 0.3) is 0 Å². The molecule has 0 heterocycles. The summed E-state index contributed by atoms with van der Waals surface area (Å²) < 4.78 is 6.51. The predicted molar refractivity (Wildman–Crippen MR) is 87.1 cm³/mol. The zero-order valence-corrected chi connectivity index (χ0v) is 14.8. The van der Waals surface area contributed by atoms with Gasteiger partial charge in [0.05, 0.1) is 12.0 Å². The van der Waals surface area contributed by atoms with Crippen LogP contribution < -0.4 is 4.74 Å². The molecule has 0 saturated carbocycles. The molecular weight excluding hydrogens is 324 g/mol. The van der Waals surface area contributed by atoms with E-state index in [0.717, 1.165) is 22.2 Å². The average molecular weight is 348 g/mol. The van der Waals surface area contributed by atoms with Crippen LogP contribution in [-0.2, 0) is 0 Å². The molecule has 0 aromatic heterocycles. The fraction of sp³-hybridized carbons (Fsp3) is 0.625. The monoisotopic (exact) mass is 346 g/mol. The number of ether oxygens (including phenoxy) is 1. The normalized spacial score (nSPS) is 15.1. The van der Waals surface area contributed by atoms with Gasteiger partial charge in [-0.15, -0.1) is 11.6 Å². The van der Waals surface area contributed by atoms with Crippen molar-refractivity contribution in [2.75, 3.05) is 6.61 Å². The van der Waals surface area contributed by atoms with Gasteiger partial charge in [-0.05, 0) is 42.4 Å². The maximum Gasteiger partial charge on any atom is 0.120 e. The van der Waals surface area contributed by atoms with E-state index < -0.39 is 0 Å². The molecule has 0 saturated heterocycles. The van der Waals surface area contributed by atoms with E-state index in [1.165, 1.54) is 0 Å². The zero-order chi connectivity index (χ0) is 14.6. The minimum absolute atomic E-state index is 0.0271. The summed E-state index contributed by atoms with van der Waals surface area (Å²) in [5.41, 5.74) is 1.42. The highest BCUT2D eigenvalue weighted by molar-refractivity contribution is 9.10. The molecule has 2 atom stereocenters. The third-order valence-electron chi connectivity index (χ3n) is 3.66. The van der Waals surface area contributed by atoms with Gasteiger partial charge >= 0.3 is 0 Å². The number of benzene rings is 1. The Bertz CT molecular complexity index is 412. The number of rotatable bonds is 5. The molecule has 108 valence electrons. The molecule has 1 aromatic rings. The molecule has 2 unspecified atom stereocenters. The SMILES string of the molecule is CCOc1ccc(C(Cl)CC(C)C(C)(C)C)c(Br)c1. The van der Waals surface area contributed by atoms with Crippen LogP contribution in [0.5, 0.6) is 5.75 Å². The Labute approximate surface area is 130 Å². The van der Waals surface area contributed by atoms with Gasteiger partial charge in [-0.25, -0.2) is 0 Å². The molecular formula is C16H24BrClO. The fourth-order valence-corrected chi connectivity index (χ4v) is 3.03. The van der Waals surface area contributed by atoms with Gasteiger partial charge in [0.1, 0.15) is 5.75 Å². The van der Waals surface area contributed by atoms with Gasteiger partial charge < -0.3 is 4.74 Å². The maximum atomic E-state index is 6.57. The van der Waals surface area contributed by atoms with Crippen LogP contribution in [0.3, 0.4) is 0 Å². The summed E-state index contributed by atoms with van der Waals surface area (Å²) in [5, 5.41) is 0.0271. The van der Waals surface area contributed by atoms with Gasteiger partial charge in [0.2, 0.25) is 0 Å². The first-order chi connectivity index (χ1) is 8.75. The van der Waals surface area contributed by atoms with E-state index in [4.69, 9.17) is 16.3 Å². The van der Waals surface area contributed by atoms with Gasteiger partial charge in [-0.3, -0.25) is 0 Å². The molecule has 0 aliphatic carbocycles. The molecule has 1 nitrogen and oxygen atoms in total. The Balaban J connectivity index is 2.80. The first-order valence-corrected chi connectivity index (χ1v) is 8.05. The Morgan fingerprint density at radius 2 is 1.95 bits per heavy atom. The zero-order valence-electron chi connectivity index (χ0n) is 12.5. The molecule has 19 heavy (non-hydrogen) atoms. The third kappa shape index (κ3) is 5.00. The Morgan fingerprint density at radius 3 is 2.42 bits per heavy atom. The van der Waals surface area contributed by atoms with Crippen molar-refractivity contribution >= 4 is 27.5 Å². The largest absolute Gasteiger partial charge is 0.494 e. The van der Waals surface area contributed by atoms with E-state index in [2.05, 4.69) is 49.7 Å². The molecule has 0 fully saturated rings. The smallest absolute Gasteiger partial charge is 0.120 e. The van der Waals surface area contributed by atoms with E-state index in [0.29, 0.717) is 12.5 Å². The van der Waals surface area contributed by atoms with Crippen molar-refractivity contribution in [1.82, 2.24) is 0 Å². The third-order valence-corrected chi connectivity index (χ3v) is 4.76. The van der Waals surface area contributed by atoms with Crippen molar-refractivity contribution in [2.24, 2.45) is 11.3 Å². The molecule has 3 heteroatoms. The lowest BCUT2D eigenvalue weighted by Gasteiger charge is -2.29. The van der Waals surface area contributed by atoms with Crippen molar-refractivity contribution in [1.29, 1.82) is 0 Å². The first kappa shape index (κ1) is 16.8. The van der Waals surface area contributed by atoms with Crippen LogP contribution in [0.4, 0.5) is 0 Å². The predicted octanol–water partition coefficient (Wildman–Crippen LogP) is 6.20. The lowest BCUT2D eigenvalue weighted by molar-refractivity contribution is 0.245. The molecule has 0 radical (unpaired) electrons. The van der Waals surface area contributed by atoms with Gasteiger partial charge in [0, 0.05) is 4.47 Å². The van der Waals surface area contributed by atoms with Gasteiger partial charge in [-0.2, -0.15) is 0 Å². The second-order valence-electron chi connectivity index (χ2n) is 6.09. The standard InChI is InChI=1S/C16H24BrClO/c1-6-19-12-7-8-13(14(17)10-12)15(18)9-11(2)16(3,4)5/h7-8,10-11,15H,6,9H2,1-5H3. The summed E-state index contributed by atoms with van der Waals surface area (Å²) in [5.74, 6) is 1.44. The number of hydrogen-bond donors (Lipinski definition) is 0. The van der Waals surface area contributed by atoms with Crippen LogP contribution in [-0.4, -0.2) is 6.61 Å². The van der Waals surface area contributed by atoms with E-state index in [-0.39, 0.29) is 10.8 Å². The molecule has 1 aromatic carbocycles. The highest BCUT2D eigenvalue weighted by Crippen LogP contribution is 2.39. The second kappa shape index (κ2) is 6.99. The molecule has 0 spiro atoms. The van der Waals surface area contributed by atoms with Crippen molar-refractivity contribution < 1.29 is 4.74 Å². The lowest BCUT2D eigenvalue weighted by atomic mass is 9.79. The van der Waals surface area contributed by atoms with Crippen LogP contribution >= 0.6 is 27.5 Å². The highest BCUT2D eigenvalue weighted by Gasteiger charge is 2.24. The summed E-state index contributed by atoms with van der Waals surface area (Å²) in [6, 6.07) is 6.04. The number of halogens is 2. The van der Waals surface area contributed by atoms with Crippen LogP contribution in [0.2, 0.25) is 0 Å². The Morgan fingerprint density at radius 1 is 1.32 bits per heavy atom. The topological polar surface area (TPSA) is 9.23 Å². The first-order valence-electron chi connectivity index (χ1n) is 6.82. The van der Waals surface area contributed by atoms with E-state index in [1.807, 2.05) is 19.1 Å². The van der Waals surface area contributed by atoms with Crippen LogP contribution in [0.1, 0.15) is 52.0 Å². The number of hydrogen-bond acceptors (Lipinski definition) is 1. The van der Waals surface area contributed by atoms with E-state index in [1.54, 1.807) is 0 Å². The summed E-state index contributed by atoms with van der Waals surface area (Å²) in [7, 11) is 0. The molecule has 0 aliphatic rings. The van der Waals surface area contributed by atoms with Crippen molar-refractivity contribution in [2.45, 2.75) is 46.4 Å². The van der Waals surface area contributed by atoms with Gasteiger partial charge in [-0.1, -0.05) is 49.7 Å². The summed E-state index contributed by atoms with van der Waals surface area (Å²) >= 11 is 10.2. The lowest BCUT2D eigenvalue weighted by Crippen LogP contribution is -2.18. The fourth-order valence-electron chi connectivity index (χ4n) is 1.81. The van der Waals surface area contributed by atoms with Gasteiger partial charge in [0.25, 0.3) is 0 Å². The highest BCUT2D eigenvalue weighted by atomic mass is 79.9. The summed E-state index contributed by atoms with van der Waals surface area (Å²) in [4.78, 5) is 0. The average Bonchev–Trinajstić information content (AvgIpc) is 2.27. The van der Waals surface area contributed by atoms with E-state index in [9.17, 15) is 0 Å². The van der Waals surface area contributed by atoms with Crippen LogP contribution in [0, 0.1) is 11.3 Å². The minimum Gasteiger partial charge on any atom is -0.494 e. The Kier molecular flexibility index (Phi) is 6.19. The molecule has 0 bridgehead atoms. The van der Waals surface area contributed by atoms with Gasteiger partial charge in [0.15, 0.2) is 0 Å². The number of alkyl halides is 1. The molecule has 0 amide bonds. The Hall–Kier alpha value is -0.210. The van der Waals surface area contributed by atoms with E-state index >= 15 is 0 Å². The second-order valence-corrected chi connectivity index (χ2v) is 7.47. The van der Waals surface area contributed by atoms with Crippen molar-refractivity contribution in [3.63, 3.8) is 0 Å². The minimum atomic E-state index is 0.0271. The summed E-state index contributed by atoms with van der Waals surface area (Å²) in [6.45, 7) is 11.7. The quantitative estimate of drug-likeness (QED) is 0.576. The van der Waals surface area contributed by atoms with Crippen molar-refractivity contribution in [3.8, 4) is 5.75 Å².